The molecule has 1 saturated heterocycles. The van der Waals surface area contributed by atoms with Crippen LogP contribution in [-0.4, -0.2) is 47.9 Å². The molecule has 1 heterocycles. The van der Waals surface area contributed by atoms with Crippen LogP contribution in [0.4, 0.5) is 4.79 Å². The summed E-state index contributed by atoms with van der Waals surface area (Å²) in [6.07, 6.45) is -0.967. The van der Waals surface area contributed by atoms with Gasteiger partial charge < -0.3 is 19.5 Å². The van der Waals surface area contributed by atoms with E-state index in [1.807, 2.05) is 30.3 Å². The van der Waals surface area contributed by atoms with E-state index in [-0.39, 0.29) is 32.3 Å². The fraction of sp³-hybridized carbons (Fsp3) is 0.500. The van der Waals surface area contributed by atoms with Gasteiger partial charge in [0.1, 0.15) is 6.61 Å². The zero-order chi connectivity index (χ0) is 15.9. The van der Waals surface area contributed by atoms with Crippen LogP contribution < -0.4 is 0 Å². The molecule has 1 N–H and O–H groups in total. The summed E-state index contributed by atoms with van der Waals surface area (Å²) in [5, 5.41) is 9.84. The average Bonchev–Trinajstić information content (AvgIpc) is 2.53. The normalized spacial score (nSPS) is 21.3. The predicted molar refractivity (Wildman–Crippen MR) is 78.9 cm³/mol. The molecule has 0 saturated carbocycles. The lowest BCUT2D eigenvalue weighted by Gasteiger charge is -2.33. The Morgan fingerprint density at radius 1 is 1.23 bits per heavy atom. The van der Waals surface area contributed by atoms with Crippen LogP contribution in [0.1, 0.15) is 18.9 Å². The number of benzene rings is 1. The van der Waals surface area contributed by atoms with Crippen LogP contribution in [0, 0.1) is 5.92 Å². The number of carbonyl (C=O) groups is 2. The molecule has 2 rings (SSSR count). The van der Waals surface area contributed by atoms with E-state index in [1.165, 1.54) is 4.90 Å². The summed E-state index contributed by atoms with van der Waals surface area (Å²) in [6.45, 7) is 2.55. The van der Waals surface area contributed by atoms with E-state index in [0.29, 0.717) is 6.42 Å². The first-order chi connectivity index (χ1) is 10.6. The van der Waals surface area contributed by atoms with E-state index in [9.17, 15) is 14.7 Å². The largest absolute Gasteiger partial charge is 0.466 e. The molecule has 0 radical (unpaired) electrons. The Morgan fingerprint density at radius 3 is 2.64 bits per heavy atom. The Labute approximate surface area is 129 Å². The highest BCUT2D eigenvalue weighted by molar-refractivity contribution is 5.75. The van der Waals surface area contributed by atoms with E-state index in [1.54, 1.807) is 6.92 Å². The van der Waals surface area contributed by atoms with Gasteiger partial charge in [0.25, 0.3) is 0 Å². The number of carbonyl (C=O) groups excluding carboxylic acids is 2. The molecule has 22 heavy (non-hydrogen) atoms. The molecule has 2 atom stereocenters. The minimum atomic E-state index is -0.743. The summed E-state index contributed by atoms with van der Waals surface area (Å²) >= 11 is 0. The Bertz CT molecular complexity index is 505. The van der Waals surface area contributed by atoms with E-state index in [4.69, 9.17) is 9.47 Å². The van der Waals surface area contributed by atoms with Gasteiger partial charge in [-0.25, -0.2) is 4.79 Å². The number of β-amino-alcohol motifs (C(OH)–C–C–N with tert-alkyl or cyclic N) is 1. The molecule has 0 spiro atoms. The van der Waals surface area contributed by atoms with Crippen LogP contribution in [0.3, 0.4) is 0 Å². The predicted octanol–water partition coefficient (Wildman–Crippen LogP) is 1.57. The second-order valence-electron chi connectivity index (χ2n) is 5.28. The van der Waals surface area contributed by atoms with Gasteiger partial charge in [0.2, 0.25) is 0 Å². The third-order valence-electron chi connectivity index (χ3n) is 3.51. The monoisotopic (exact) mass is 307 g/mol. The molecule has 1 aromatic carbocycles. The maximum Gasteiger partial charge on any atom is 0.410 e. The van der Waals surface area contributed by atoms with Gasteiger partial charge in [-0.3, -0.25) is 4.79 Å². The lowest BCUT2D eigenvalue weighted by molar-refractivity contribution is -0.151. The number of hydrogen-bond donors (Lipinski definition) is 1. The average molecular weight is 307 g/mol. The fourth-order valence-electron chi connectivity index (χ4n) is 2.46. The summed E-state index contributed by atoms with van der Waals surface area (Å²) < 4.78 is 10.2. The molecule has 1 aliphatic rings. The van der Waals surface area contributed by atoms with Gasteiger partial charge in [-0.05, 0) is 18.9 Å². The smallest absolute Gasteiger partial charge is 0.410 e. The summed E-state index contributed by atoms with van der Waals surface area (Å²) in [5.41, 5.74) is 0.885. The van der Waals surface area contributed by atoms with E-state index in [2.05, 4.69) is 0 Å². The molecule has 1 aliphatic heterocycles. The lowest BCUT2D eigenvalue weighted by Crippen LogP contribution is -2.48. The Balaban J connectivity index is 1.89. The number of rotatable bonds is 4. The Morgan fingerprint density at radius 2 is 1.95 bits per heavy atom. The quantitative estimate of drug-likeness (QED) is 0.855. The van der Waals surface area contributed by atoms with Gasteiger partial charge in [0.05, 0.1) is 18.6 Å². The van der Waals surface area contributed by atoms with Gasteiger partial charge in [-0.2, -0.15) is 0 Å². The van der Waals surface area contributed by atoms with Gasteiger partial charge in [0, 0.05) is 13.1 Å². The van der Waals surface area contributed by atoms with E-state index >= 15 is 0 Å². The molecule has 0 aromatic heterocycles. The van der Waals surface area contributed by atoms with Gasteiger partial charge in [-0.15, -0.1) is 0 Å². The van der Waals surface area contributed by atoms with Crippen molar-refractivity contribution >= 4 is 12.1 Å². The molecular weight excluding hydrogens is 286 g/mol. The summed E-state index contributed by atoms with van der Waals surface area (Å²) in [4.78, 5) is 25.2. The molecule has 6 nitrogen and oxygen atoms in total. The van der Waals surface area contributed by atoms with Crippen LogP contribution in [0.5, 0.6) is 0 Å². The molecule has 120 valence electrons. The number of esters is 1. The number of amides is 1. The van der Waals surface area contributed by atoms with E-state index in [0.717, 1.165) is 5.56 Å². The fourth-order valence-corrected chi connectivity index (χ4v) is 2.46. The van der Waals surface area contributed by atoms with Crippen molar-refractivity contribution in [1.82, 2.24) is 4.90 Å². The zero-order valence-corrected chi connectivity index (χ0v) is 12.6. The lowest BCUT2D eigenvalue weighted by atomic mass is 9.96. The minimum Gasteiger partial charge on any atom is -0.466 e. The first-order valence-corrected chi connectivity index (χ1v) is 7.40. The Hall–Kier alpha value is -2.08. The van der Waals surface area contributed by atoms with Crippen molar-refractivity contribution in [3.05, 3.63) is 35.9 Å². The Kier molecular flexibility index (Phi) is 5.77. The standard InChI is InChI=1S/C16H21NO5/c1-2-21-15(19)13-8-14(18)10-17(9-13)16(20)22-11-12-6-4-3-5-7-12/h3-7,13-14,18H,2,8-11H2,1H3/t13-,14-/m0/s1. The number of aliphatic hydroxyl groups excluding tert-OH is 1. The molecule has 1 fully saturated rings. The number of aliphatic hydroxyl groups is 1. The third kappa shape index (κ3) is 4.46. The van der Waals surface area contributed by atoms with Gasteiger partial charge >= 0.3 is 12.1 Å². The topological polar surface area (TPSA) is 76.1 Å². The number of likely N-dealkylation sites (tertiary alicyclic amines) is 1. The molecule has 0 aliphatic carbocycles. The number of nitrogens with zero attached hydrogens (tertiary/aromatic N) is 1. The highest BCUT2D eigenvalue weighted by atomic mass is 16.6. The first kappa shape index (κ1) is 16.3. The summed E-state index contributed by atoms with van der Waals surface area (Å²) in [6, 6.07) is 9.34. The summed E-state index contributed by atoms with van der Waals surface area (Å²) in [7, 11) is 0. The van der Waals surface area contributed by atoms with Crippen molar-refractivity contribution in [3.63, 3.8) is 0 Å². The van der Waals surface area contributed by atoms with E-state index < -0.39 is 18.1 Å². The van der Waals surface area contributed by atoms with Crippen molar-refractivity contribution in [2.75, 3.05) is 19.7 Å². The van der Waals surface area contributed by atoms with Gasteiger partial charge in [-0.1, -0.05) is 30.3 Å². The minimum absolute atomic E-state index is 0.163. The number of piperidine rings is 1. The number of hydrogen-bond acceptors (Lipinski definition) is 5. The SMILES string of the molecule is CCOC(=O)[C@H]1C[C@H](O)CN(C(=O)OCc2ccccc2)C1. The van der Waals surface area contributed by atoms with Crippen LogP contribution in [-0.2, 0) is 20.9 Å². The van der Waals surface area contributed by atoms with Crippen LogP contribution in [0.15, 0.2) is 30.3 Å². The van der Waals surface area contributed by atoms with Crippen LogP contribution in [0.25, 0.3) is 0 Å². The van der Waals surface area contributed by atoms with Crippen molar-refractivity contribution in [2.45, 2.75) is 26.1 Å². The third-order valence-corrected chi connectivity index (χ3v) is 3.51. The maximum absolute atomic E-state index is 12.1. The molecule has 0 bridgehead atoms. The maximum atomic E-state index is 12.1. The highest BCUT2D eigenvalue weighted by Crippen LogP contribution is 2.19. The van der Waals surface area contributed by atoms with Crippen LogP contribution >= 0.6 is 0 Å². The van der Waals surface area contributed by atoms with Crippen molar-refractivity contribution in [1.29, 1.82) is 0 Å². The second kappa shape index (κ2) is 7.79. The van der Waals surface area contributed by atoms with Crippen molar-refractivity contribution in [3.8, 4) is 0 Å². The second-order valence-corrected chi connectivity index (χ2v) is 5.28. The highest BCUT2D eigenvalue weighted by Gasteiger charge is 2.34. The van der Waals surface area contributed by atoms with Crippen molar-refractivity contribution < 1.29 is 24.2 Å². The summed E-state index contributed by atoms with van der Waals surface area (Å²) in [5.74, 6) is -0.893. The molecule has 1 amide bonds. The molecule has 1 aromatic rings. The zero-order valence-electron chi connectivity index (χ0n) is 12.6. The van der Waals surface area contributed by atoms with Crippen LogP contribution in [0.2, 0.25) is 0 Å². The molecular formula is C16H21NO5. The molecule has 6 heteroatoms. The molecule has 0 unspecified atom stereocenters. The first-order valence-electron chi connectivity index (χ1n) is 7.40. The number of ether oxygens (including phenoxy) is 2. The van der Waals surface area contributed by atoms with Gasteiger partial charge in [0.15, 0.2) is 0 Å². The van der Waals surface area contributed by atoms with Crippen molar-refractivity contribution in [2.24, 2.45) is 5.92 Å².